The molecule has 0 spiro atoms. The fourth-order valence-corrected chi connectivity index (χ4v) is 3.48. The van der Waals surface area contributed by atoms with Crippen LogP contribution < -0.4 is 35.1 Å². The average molecular weight is 528 g/mol. The van der Waals surface area contributed by atoms with E-state index in [1.165, 1.54) is 0 Å². The van der Waals surface area contributed by atoms with Crippen molar-refractivity contribution in [3.8, 4) is 23.0 Å². The number of para-hydroxylation sites is 1. The lowest BCUT2D eigenvalue weighted by atomic mass is 10.2. The SMILES string of the molecule is COc1ccc(OC)c(C=NNc2cc(NN=Cc3cc(OC)ccc3OC)nc(Nc3ccccc3)n2)c1. The zero-order valence-corrected chi connectivity index (χ0v) is 22.0. The molecule has 3 N–H and O–H groups in total. The summed E-state index contributed by atoms with van der Waals surface area (Å²) in [6.45, 7) is 0. The lowest BCUT2D eigenvalue weighted by Gasteiger charge is -2.10. The van der Waals surface area contributed by atoms with Crippen LogP contribution in [0.1, 0.15) is 11.1 Å². The minimum absolute atomic E-state index is 0.344. The molecular formula is C28H29N7O4. The van der Waals surface area contributed by atoms with Crippen LogP contribution in [0, 0.1) is 0 Å². The van der Waals surface area contributed by atoms with Crippen molar-refractivity contribution in [1.29, 1.82) is 0 Å². The van der Waals surface area contributed by atoms with E-state index in [1.54, 1.807) is 46.9 Å². The first-order valence-corrected chi connectivity index (χ1v) is 11.8. The van der Waals surface area contributed by atoms with Crippen molar-refractivity contribution in [3.05, 3.63) is 83.9 Å². The highest BCUT2D eigenvalue weighted by Crippen LogP contribution is 2.24. The second-order valence-corrected chi connectivity index (χ2v) is 7.91. The highest BCUT2D eigenvalue weighted by molar-refractivity contribution is 5.85. The number of hydrogen-bond acceptors (Lipinski definition) is 11. The van der Waals surface area contributed by atoms with Gasteiger partial charge in [-0.05, 0) is 48.5 Å². The molecule has 0 aliphatic carbocycles. The van der Waals surface area contributed by atoms with E-state index < -0.39 is 0 Å². The molecule has 0 radical (unpaired) electrons. The normalized spacial score (nSPS) is 10.9. The molecule has 0 atom stereocenters. The highest BCUT2D eigenvalue weighted by atomic mass is 16.5. The summed E-state index contributed by atoms with van der Waals surface area (Å²) >= 11 is 0. The third-order valence-corrected chi connectivity index (χ3v) is 5.40. The summed E-state index contributed by atoms with van der Waals surface area (Å²) in [4.78, 5) is 9.04. The Morgan fingerprint density at radius 2 is 1.13 bits per heavy atom. The third kappa shape index (κ3) is 7.35. The van der Waals surface area contributed by atoms with Crippen LogP contribution in [-0.2, 0) is 0 Å². The van der Waals surface area contributed by atoms with Crippen LogP contribution in [0.25, 0.3) is 0 Å². The van der Waals surface area contributed by atoms with Crippen molar-refractivity contribution in [1.82, 2.24) is 9.97 Å². The molecule has 11 heteroatoms. The molecule has 39 heavy (non-hydrogen) atoms. The number of nitrogens with zero attached hydrogens (tertiary/aromatic N) is 4. The molecule has 0 bridgehead atoms. The van der Waals surface area contributed by atoms with Crippen LogP contribution >= 0.6 is 0 Å². The Hall–Kier alpha value is -5.32. The predicted molar refractivity (Wildman–Crippen MR) is 153 cm³/mol. The Labute approximate surface area is 226 Å². The number of hydrazone groups is 2. The zero-order chi connectivity index (χ0) is 27.5. The van der Waals surface area contributed by atoms with Gasteiger partial charge in [-0.15, -0.1) is 0 Å². The summed E-state index contributed by atoms with van der Waals surface area (Å²) in [6, 6.07) is 22.2. The molecule has 0 saturated carbocycles. The molecule has 1 aromatic heterocycles. The summed E-state index contributed by atoms with van der Waals surface area (Å²) in [6.07, 6.45) is 3.24. The van der Waals surface area contributed by atoms with Crippen molar-refractivity contribution >= 4 is 35.7 Å². The number of rotatable bonds is 12. The second-order valence-electron chi connectivity index (χ2n) is 7.91. The van der Waals surface area contributed by atoms with Crippen molar-refractivity contribution in [2.45, 2.75) is 0 Å². The van der Waals surface area contributed by atoms with E-state index in [2.05, 4.69) is 36.3 Å². The fourth-order valence-electron chi connectivity index (χ4n) is 3.48. The summed E-state index contributed by atoms with van der Waals surface area (Å²) in [5.41, 5.74) is 8.18. The van der Waals surface area contributed by atoms with E-state index in [1.807, 2.05) is 66.7 Å². The van der Waals surface area contributed by atoms with Crippen LogP contribution in [0.3, 0.4) is 0 Å². The monoisotopic (exact) mass is 527 g/mol. The van der Waals surface area contributed by atoms with Gasteiger partial charge in [0.05, 0.1) is 40.9 Å². The van der Waals surface area contributed by atoms with Gasteiger partial charge in [0.25, 0.3) is 0 Å². The van der Waals surface area contributed by atoms with Gasteiger partial charge in [0, 0.05) is 22.9 Å². The average Bonchev–Trinajstić information content (AvgIpc) is 2.97. The van der Waals surface area contributed by atoms with Gasteiger partial charge in [0.15, 0.2) is 11.6 Å². The van der Waals surface area contributed by atoms with E-state index in [0.717, 1.165) is 16.8 Å². The number of anilines is 4. The predicted octanol–water partition coefficient (Wildman–Crippen LogP) is 5.15. The van der Waals surface area contributed by atoms with E-state index in [4.69, 9.17) is 18.9 Å². The molecule has 4 aromatic rings. The summed E-state index contributed by atoms with van der Waals surface area (Å²) in [5.74, 6) is 3.88. The van der Waals surface area contributed by atoms with Gasteiger partial charge < -0.3 is 24.3 Å². The topological polar surface area (TPSA) is 124 Å². The maximum atomic E-state index is 5.41. The number of nitrogens with one attached hydrogen (secondary N) is 3. The molecule has 0 fully saturated rings. The summed E-state index contributed by atoms with van der Waals surface area (Å²) in [7, 11) is 6.39. The molecule has 0 unspecified atom stereocenters. The lowest BCUT2D eigenvalue weighted by molar-refractivity contribution is 0.402. The fraction of sp³-hybridized carbons (Fsp3) is 0.143. The van der Waals surface area contributed by atoms with Crippen molar-refractivity contribution in [2.75, 3.05) is 44.6 Å². The van der Waals surface area contributed by atoms with Gasteiger partial charge in [0.1, 0.15) is 23.0 Å². The van der Waals surface area contributed by atoms with Crippen LogP contribution in [0.4, 0.5) is 23.3 Å². The molecule has 0 saturated heterocycles. The van der Waals surface area contributed by atoms with Gasteiger partial charge in [-0.1, -0.05) is 18.2 Å². The minimum Gasteiger partial charge on any atom is -0.497 e. The Morgan fingerprint density at radius 3 is 1.59 bits per heavy atom. The van der Waals surface area contributed by atoms with Gasteiger partial charge >= 0.3 is 0 Å². The Bertz CT molecular complexity index is 1360. The summed E-state index contributed by atoms with van der Waals surface area (Å²) in [5, 5.41) is 11.8. The van der Waals surface area contributed by atoms with Crippen molar-refractivity contribution < 1.29 is 18.9 Å². The van der Waals surface area contributed by atoms with E-state index >= 15 is 0 Å². The standard InChI is InChI=1S/C28H29N7O4/c1-36-22-10-12-24(38-3)19(14-22)17-29-34-26-16-27(33-28(32-26)31-21-8-6-5-7-9-21)35-30-18-20-15-23(37-2)11-13-25(20)39-4/h5-18H,1-4H3,(H3,31,32,33,34,35). The molecule has 0 amide bonds. The maximum Gasteiger partial charge on any atom is 0.231 e. The highest BCUT2D eigenvalue weighted by Gasteiger charge is 2.07. The summed E-state index contributed by atoms with van der Waals surface area (Å²) < 4.78 is 21.4. The quantitative estimate of drug-likeness (QED) is 0.170. The number of benzene rings is 3. The molecule has 0 aliphatic heterocycles. The van der Waals surface area contributed by atoms with Gasteiger partial charge in [-0.3, -0.25) is 10.9 Å². The maximum absolute atomic E-state index is 5.41. The van der Waals surface area contributed by atoms with Crippen LogP contribution in [0.5, 0.6) is 23.0 Å². The molecular weight excluding hydrogens is 498 g/mol. The smallest absolute Gasteiger partial charge is 0.231 e. The molecule has 0 aliphatic rings. The lowest BCUT2D eigenvalue weighted by Crippen LogP contribution is -2.04. The Morgan fingerprint density at radius 1 is 0.615 bits per heavy atom. The first-order chi connectivity index (χ1) is 19.1. The van der Waals surface area contributed by atoms with E-state index in [9.17, 15) is 0 Å². The van der Waals surface area contributed by atoms with Gasteiger partial charge in [0.2, 0.25) is 5.95 Å². The molecule has 3 aromatic carbocycles. The van der Waals surface area contributed by atoms with Gasteiger partial charge in [-0.25, -0.2) is 0 Å². The first-order valence-electron chi connectivity index (χ1n) is 11.8. The Kier molecular flexibility index (Phi) is 9.11. The van der Waals surface area contributed by atoms with Crippen LogP contribution in [0.15, 0.2) is 83.0 Å². The van der Waals surface area contributed by atoms with Crippen molar-refractivity contribution in [3.63, 3.8) is 0 Å². The zero-order valence-electron chi connectivity index (χ0n) is 22.0. The largest absolute Gasteiger partial charge is 0.497 e. The number of hydrogen-bond donors (Lipinski definition) is 3. The second kappa shape index (κ2) is 13.3. The van der Waals surface area contributed by atoms with Crippen molar-refractivity contribution in [2.24, 2.45) is 10.2 Å². The third-order valence-electron chi connectivity index (χ3n) is 5.40. The van der Waals surface area contributed by atoms with Crippen LogP contribution in [-0.4, -0.2) is 50.8 Å². The van der Waals surface area contributed by atoms with E-state index in [0.29, 0.717) is 40.6 Å². The first kappa shape index (κ1) is 26.7. The number of ether oxygens (including phenoxy) is 4. The molecule has 4 rings (SSSR count). The number of methoxy groups -OCH3 is 4. The molecule has 1 heterocycles. The Balaban J connectivity index is 1.58. The van der Waals surface area contributed by atoms with Crippen LogP contribution in [0.2, 0.25) is 0 Å². The van der Waals surface area contributed by atoms with E-state index in [-0.39, 0.29) is 0 Å². The molecule has 11 nitrogen and oxygen atoms in total. The molecule has 200 valence electrons. The van der Waals surface area contributed by atoms with Gasteiger partial charge in [-0.2, -0.15) is 20.2 Å². The minimum atomic E-state index is 0.344. The number of aromatic nitrogens is 2.